The molecule has 1 aliphatic heterocycles. The van der Waals surface area contributed by atoms with Crippen LogP contribution in [0.3, 0.4) is 0 Å². The Morgan fingerprint density at radius 3 is 2.80 bits per heavy atom. The van der Waals surface area contributed by atoms with Gasteiger partial charge < -0.3 is 20.1 Å². The summed E-state index contributed by atoms with van der Waals surface area (Å²) in [6.07, 6.45) is 1.91. The molecule has 0 unspecified atom stereocenters. The predicted molar refractivity (Wildman–Crippen MR) is 96.3 cm³/mol. The number of halogens is 1. The van der Waals surface area contributed by atoms with Crippen molar-refractivity contribution in [2.75, 3.05) is 25.1 Å². The van der Waals surface area contributed by atoms with Gasteiger partial charge in [-0.25, -0.2) is 4.98 Å². The molecular formula is C18H20ClN3O3. The quantitative estimate of drug-likeness (QED) is 0.826. The Morgan fingerprint density at radius 1 is 1.24 bits per heavy atom. The van der Waals surface area contributed by atoms with Crippen LogP contribution in [0.1, 0.15) is 24.9 Å². The third-order valence-electron chi connectivity index (χ3n) is 3.83. The van der Waals surface area contributed by atoms with Gasteiger partial charge >= 0.3 is 0 Å². The van der Waals surface area contributed by atoms with Gasteiger partial charge in [-0.05, 0) is 36.8 Å². The summed E-state index contributed by atoms with van der Waals surface area (Å²) < 4.78 is 11.1. The third-order valence-corrected chi connectivity index (χ3v) is 4.05. The van der Waals surface area contributed by atoms with Crippen molar-refractivity contribution in [3.8, 4) is 11.5 Å². The van der Waals surface area contributed by atoms with Crippen LogP contribution in [0.5, 0.6) is 11.5 Å². The van der Waals surface area contributed by atoms with E-state index in [1.165, 1.54) is 0 Å². The van der Waals surface area contributed by atoms with Crippen molar-refractivity contribution in [3.05, 3.63) is 47.1 Å². The van der Waals surface area contributed by atoms with Crippen LogP contribution in [0.15, 0.2) is 36.5 Å². The first-order valence-electron chi connectivity index (χ1n) is 8.16. The highest BCUT2D eigenvalue weighted by Crippen LogP contribution is 2.32. The fraction of sp³-hybridized carbons (Fsp3) is 0.333. The lowest BCUT2D eigenvalue weighted by Crippen LogP contribution is -2.28. The lowest BCUT2D eigenvalue weighted by Gasteiger charge is -2.21. The summed E-state index contributed by atoms with van der Waals surface area (Å²) in [6.45, 7) is 3.54. The van der Waals surface area contributed by atoms with Gasteiger partial charge in [-0.1, -0.05) is 17.7 Å². The van der Waals surface area contributed by atoms with E-state index in [4.69, 9.17) is 21.1 Å². The molecule has 0 saturated heterocycles. The molecule has 1 aromatic heterocycles. The number of carbonyl (C=O) groups is 1. The molecule has 25 heavy (non-hydrogen) atoms. The van der Waals surface area contributed by atoms with Gasteiger partial charge in [0.1, 0.15) is 19.0 Å². The van der Waals surface area contributed by atoms with Crippen molar-refractivity contribution < 1.29 is 14.3 Å². The second-order valence-electron chi connectivity index (χ2n) is 5.73. The maximum Gasteiger partial charge on any atom is 0.222 e. The number of hydrogen-bond donors (Lipinski definition) is 2. The largest absolute Gasteiger partial charge is 0.486 e. The lowest BCUT2D eigenvalue weighted by molar-refractivity contribution is -0.121. The fourth-order valence-corrected chi connectivity index (χ4v) is 2.62. The topological polar surface area (TPSA) is 72.5 Å². The van der Waals surface area contributed by atoms with Crippen molar-refractivity contribution >= 4 is 23.3 Å². The van der Waals surface area contributed by atoms with Crippen LogP contribution in [-0.2, 0) is 4.79 Å². The molecule has 1 aromatic carbocycles. The van der Waals surface area contributed by atoms with Crippen molar-refractivity contribution in [1.29, 1.82) is 0 Å². The van der Waals surface area contributed by atoms with E-state index in [0.717, 1.165) is 17.1 Å². The zero-order valence-corrected chi connectivity index (χ0v) is 14.7. The summed E-state index contributed by atoms with van der Waals surface area (Å²) in [7, 11) is 0. The van der Waals surface area contributed by atoms with Crippen LogP contribution >= 0.6 is 11.6 Å². The smallest absolute Gasteiger partial charge is 0.222 e. The average Bonchev–Trinajstić information content (AvgIpc) is 2.63. The molecule has 0 spiro atoms. The fourth-order valence-electron chi connectivity index (χ4n) is 2.51. The number of hydrogen-bond acceptors (Lipinski definition) is 5. The molecule has 132 valence electrons. The van der Waals surface area contributed by atoms with Crippen LogP contribution in [-0.4, -0.2) is 30.6 Å². The van der Waals surface area contributed by atoms with Crippen LogP contribution in [0, 0.1) is 0 Å². The molecule has 2 aromatic rings. The Hall–Kier alpha value is -2.47. The van der Waals surface area contributed by atoms with Gasteiger partial charge in [0.25, 0.3) is 0 Å². The number of amides is 1. The van der Waals surface area contributed by atoms with E-state index in [0.29, 0.717) is 37.0 Å². The van der Waals surface area contributed by atoms with Crippen LogP contribution in [0.25, 0.3) is 0 Å². The first-order chi connectivity index (χ1) is 12.1. The van der Waals surface area contributed by atoms with Crippen LogP contribution in [0.2, 0.25) is 5.02 Å². The molecule has 0 aliphatic carbocycles. The molecule has 0 saturated carbocycles. The molecule has 0 bridgehead atoms. The second-order valence-corrected chi connectivity index (χ2v) is 6.17. The third kappa shape index (κ3) is 4.76. The van der Waals surface area contributed by atoms with Gasteiger partial charge in [0.2, 0.25) is 5.91 Å². The molecule has 2 N–H and O–H groups in total. The molecule has 1 aliphatic rings. The van der Waals surface area contributed by atoms with E-state index in [1.54, 1.807) is 18.3 Å². The molecule has 0 fully saturated rings. The van der Waals surface area contributed by atoms with Crippen molar-refractivity contribution in [2.45, 2.75) is 19.4 Å². The zero-order chi connectivity index (χ0) is 17.6. The van der Waals surface area contributed by atoms with E-state index < -0.39 is 0 Å². The SMILES string of the molecule is C[C@@H](NC(=O)CCNc1ccc(Cl)cn1)c1ccc2c(c1)OCCO2. The van der Waals surface area contributed by atoms with Gasteiger partial charge in [0.15, 0.2) is 11.5 Å². The number of ether oxygens (including phenoxy) is 2. The van der Waals surface area contributed by atoms with Gasteiger partial charge in [-0.3, -0.25) is 4.79 Å². The molecule has 6 nitrogen and oxygen atoms in total. The van der Waals surface area contributed by atoms with Crippen LogP contribution < -0.4 is 20.1 Å². The Morgan fingerprint density at radius 2 is 2.04 bits per heavy atom. The molecule has 3 rings (SSSR count). The zero-order valence-electron chi connectivity index (χ0n) is 13.9. The first kappa shape index (κ1) is 17.4. The number of pyridine rings is 1. The van der Waals surface area contributed by atoms with Crippen molar-refractivity contribution in [2.24, 2.45) is 0 Å². The molecule has 7 heteroatoms. The maximum atomic E-state index is 12.1. The molecule has 1 amide bonds. The summed E-state index contributed by atoms with van der Waals surface area (Å²) in [5.41, 5.74) is 0.977. The van der Waals surface area contributed by atoms with Gasteiger partial charge in [0, 0.05) is 19.2 Å². The van der Waals surface area contributed by atoms with E-state index in [-0.39, 0.29) is 11.9 Å². The minimum Gasteiger partial charge on any atom is -0.486 e. The summed E-state index contributed by atoms with van der Waals surface area (Å²) in [5, 5.41) is 6.65. The van der Waals surface area contributed by atoms with Gasteiger partial charge in [0.05, 0.1) is 11.1 Å². The highest BCUT2D eigenvalue weighted by Gasteiger charge is 2.15. The number of anilines is 1. The Kier molecular flexibility index (Phi) is 5.60. The Bertz CT molecular complexity index is 737. The molecule has 0 radical (unpaired) electrons. The summed E-state index contributed by atoms with van der Waals surface area (Å²) in [5.74, 6) is 2.12. The normalized spacial score (nSPS) is 13.8. The standard InChI is InChI=1S/C18H20ClN3O3/c1-12(13-2-4-15-16(10-13)25-9-8-24-15)22-18(23)6-7-20-17-5-3-14(19)11-21-17/h2-5,10-12H,6-9H2,1H3,(H,20,21)(H,22,23)/t12-/m1/s1. The number of rotatable bonds is 6. The first-order valence-corrected chi connectivity index (χ1v) is 8.54. The minimum atomic E-state index is -0.114. The maximum absolute atomic E-state index is 12.1. The molecule has 1 atom stereocenters. The molecular weight excluding hydrogens is 342 g/mol. The summed E-state index contributed by atoms with van der Waals surface area (Å²) in [6, 6.07) is 9.14. The van der Waals surface area contributed by atoms with Crippen molar-refractivity contribution in [3.63, 3.8) is 0 Å². The number of fused-ring (bicyclic) bond motifs is 1. The summed E-state index contributed by atoms with van der Waals surface area (Å²) in [4.78, 5) is 16.2. The number of carbonyl (C=O) groups excluding carboxylic acids is 1. The van der Waals surface area contributed by atoms with Crippen molar-refractivity contribution in [1.82, 2.24) is 10.3 Å². The van der Waals surface area contributed by atoms with E-state index in [1.807, 2.05) is 25.1 Å². The minimum absolute atomic E-state index is 0.0381. The van der Waals surface area contributed by atoms with E-state index in [2.05, 4.69) is 15.6 Å². The van der Waals surface area contributed by atoms with E-state index >= 15 is 0 Å². The van der Waals surface area contributed by atoms with Gasteiger partial charge in [-0.2, -0.15) is 0 Å². The van der Waals surface area contributed by atoms with Gasteiger partial charge in [-0.15, -0.1) is 0 Å². The highest BCUT2D eigenvalue weighted by molar-refractivity contribution is 6.30. The monoisotopic (exact) mass is 361 g/mol. The number of nitrogens with zero attached hydrogens (tertiary/aromatic N) is 1. The molecule has 2 heterocycles. The number of aromatic nitrogens is 1. The Labute approximate surface area is 151 Å². The Balaban J connectivity index is 1.48. The number of benzene rings is 1. The van der Waals surface area contributed by atoms with E-state index in [9.17, 15) is 4.79 Å². The van der Waals surface area contributed by atoms with Crippen LogP contribution in [0.4, 0.5) is 5.82 Å². The lowest BCUT2D eigenvalue weighted by atomic mass is 10.1. The second kappa shape index (κ2) is 8.07. The predicted octanol–water partition coefficient (Wildman–Crippen LogP) is 3.19. The average molecular weight is 362 g/mol. The highest BCUT2D eigenvalue weighted by atomic mass is 35.5. The summed E-state index contributed by atoms with van der Waals surface area (Å²) >= 11 is 5.78. The number of nitrogens with one attached hydrogen (secondary N) is 2.